The predicted octanol–water partition coefficient (Wildman–Crippen LogP) is 2.88. The Hall–Kier alpha value is -0.570. The van der Waals surface area contributed by atoms with Crippen molar-refractivity contribution in [1.82, 2.24) is 0 Å². The third-order valence-electron chi connectivity index (χ3n) is 2.61. The lowest BCUT2D eigenvalue weighted by molar-refractivity contribution is -0.165. The van der Waals surface area contributed by atoms with Crippen LogP contribution in [0.15, 0.2) is 0 Å². The molecule has 0 amide bonds. The summed E-state index contributed by atoms with van der Waals surface area (Å²) in [5, 5.41) is 0. The van der Waals surface area contributed by atoms with Gasteiger partial charge in [0.15, 0.2) is 0 Å². The smallest absolute Gasteiger partial charge is 0.308 e. The molecule has 96 valence electrons. The highest BCUT2D eigenvalue weighted by atomic mass is 16.5. The third-order valence-corrected chi connectivity index (χ3v) is 2.61. The van der Waals surface area contributed by atoms with Gasteiger partial charge < -0.3 is 9.47 Å². The van der Waals surface area contributed by atoms with Crippen molar-refractivity contribution in [3.05, 3.63) is 0 Å². The van der Waals surface area contributed by atoms with Crippen LogP contribution in [-0.2, 0) is 14.3 Å². The van der Waals surface area contributed by atoms with E-state index in [1.54, 1.807) is 7.11 Å². The number of hydrogen-bond acceptors (Lipinski definition) is 3. The Kier molecular flexibility index (Phi) is 6.01. The molecule has 16 heavy (non-hydrogen) atoms. The van der Waals surface area contributed by atoms with Gasteiger partial charge >= 0.3 is 5.97 Å². The first kappa shape index (κ1) is 15.4. The lowest BCUT2D eigenvalue weighted by Crippen LogP contribution is -2.41. The van der Waals surface area contributed by atoms with E-state index >= 15 is 0 Å². The molecule has 0 aliphatic heterocycles. The predicted molar refractivity (Wildman–Crippen MR) is 65.2 cm³/mol. The van der Waals surface area contributed by atoms with Crippen molar-refractivity contribution in [3.8, 4) is 0 Å². The molecule has 3 heteroatoms. The first-order valence-corrected chi connectivity index (χ1v) is 5.91. The first-order chi connectivity index (χ1) is 7.22. The molecular formula is C13H26O3. The second-order valence-electron chi connectivity index (χ2n) is 5.68. The summed E-state index contributed by atoms with van der Waals surface area (Å²) in [6.07, 6.45) is -0.109. The minimum Gasteiger partial charge on any atom is -0.461 e. The second-order valence-corrected chi connectivity index (χ2v) is 5.68. The largest absolute Gasteiger partial charge is 0.461 e. The van der Waals surface area contributed by atoms with Gasteiger partial charge in [0, 0.05) is 12.5 Å². The molecule has 0 N–H and O–H groups in total. The molecule has 1 unspecified atom stereocenters. The molecule has 0 saturated heterocycles. The molecule has 0 bridgehead atoms. The quantitative estimate of drug-likeness (QED) is 0.658. The standard InChI is InChI=1S/C13H26O3/c1-9(2)11(13(5,6)8-15-7)16-12(14)10(3)4/h9-11H,8H2,1-7H3. The van der Waals surface area contributed by atoms with Crippen molar-refractivity contribution < 1.29 is 14.3 Å². The molecule has 0 aromatic heterocycles. The number of ether oxygens (including phenoxy) is 2. The number of esters is 1. The number of rotatable bonds is 6. The van der Waals surface area contributed by atoms with E-state index in [1.165, 1.54) is 0 Å². The van der Waals surface area contributed by atoms with E-state index < -0.39 is 0 Å². The zero-order valence-electron chi connectivity index (χ0n) is 11.7. The molecule has 3 nitrogen and oxygen atoms in total. The van der Waals surface area contributed by atoms with Gasteiger partial charge in [0.25, 0.3) is 0 Å². The van der Waals surface area contributed by atoms with Crippen molar-refractivity contribution in [2.75, 3.05) is 13.7 Å². The van der Waals surface area contributed by atoms with Crippen LogP contribution < -0.4 is 0 Å². The average Bonchev–Trinajstić information content (AvgIpc) is 2.12. The van der Waals surface area contributed by atoms with Crippen LogP contribution in [0.1, 0.15) is 41.5 Å². The molecule has 0 rings (SSSR count). The fourth-order valence-corrected chi connectivity index (χ4v) is 1.91. The molecule has 0 aromatic carbocycles. The second kappa shape index (κ2) is 6.24. The minimum atomic E-state index is -0.159. The van der Waals surface area contributed by atoms with Crippen LogP contribution in [0, 0.1) is 17.3 Å². The summed E-state index contributed by atoms with van der Waals surface area (Å²) in [5.74, 6) is 0.0651. The lowest BCUT2D eigenvalue weighted by Gasteiger charge is -2.36. The van der Waals surface area contributed by atoms with E-state index in [1.807, 2.05) is 13.8 Å². The van der Waals surface area contributed by atoms with Gasteiger partial charge in [0.05, 0.1) is 12.5 Å². The summed E-state index contributed by atoms with van der Waals surface area (Å²) in [7, 11) is 1.67. The topological polar surface area (TPSA) is 35.5 Å². The van der Waals surface area contributed by atoms with Gasteiger partial charge in [-0.15, -0.1) is 0 Å². The Morgan fingerprint density at radius 2 is 1.69 bits per heavy atom. The van der Waals surface area contributed by atoms with Crippen LogP contribution in [0.4, 0.5) is 0 Å². The molecule has 0 aromatic rings. The van der Waals surface area contributed by atoms with Crippen molar-refractivity contribution in [1.29, 1.82) is 0 Å². The summed E-state index contributed by atoms with van der Waals surface area (Å²) in [4.78, 5) is 11.6. The fourth-order valence-electron chi connectivity index (χ4n) is 1.91. The summed E-state index contributed by atoms with van der Waals surface area (Å²) >= 11 is 0. The Labute approximate surface area is 99.5 Å². The molecule has 0 spiro atoms. The zero-order valence-corrected chi connectivity index (χ0v) is 11.7. The van der Waals surface area contributed by atoms with Gasteiger partial charge in [-0.25, -0.2) is 0 Å². The van der Waals surface area contributed by atoms with E-state index in [2.05, 4.69) is 27.7 Å². The third kappa shape index (κ3) is 4.52. The summed E-state index contributed by atoms with van der Waals surface area (Å²) in [6.45, 7) is 12.5. The van der Waals surface area contributed by atoms with E-state index in [0.29, 0.717) is 6.61 Å². The van der Waals surface area contributed by atoms with Gasteiger partial charge in [-0.2, -0.15) is 0 Å². The average molecular weight is 230 g/mol. The monoisotopic (exact) mass is 230 g/mol. The van der Waals surface area contributed by atoms with E-state index in [-0.39, 0.29) is 29.3 Å². The Balaban J connectivity index is 4.68. The molecule has 0 radical (unpaired) electrons. The SMILES string of the molecule is COCC(C)(C)C(OC(=O)C(C)C)C(C)C. The zero-order chi connectivity index (χ0) is 12.9. The number of methoxy groups -OCH3 is 1. The Morgan fingerprint density at radius 1 is 1.19 bits per heavy atom. The van der Waals surface area contributed by atoms with Crippen LogP contribution in [0.5, 0.6) is 0 Å². The maximum Gasteiger partial charge on any atom is 0.308 e. The molecule has 0 heterocycles. The molecule has 0 fully saturated rings. The molecule has 0 aliphatic carbocycles. The molecule has 0 aliphatic rings. The highest BCUT2D eigenvalue weighted by molar-refractivity contribution is 5.71. The van der Waals surface area contributed by atoms with Gasteiger partial charge in [0.2, 0.25) is 0 Å². The van der Waals surface area contributed by atoms with Crippen molar-refractivity contribution in [2.45, 2.75) is 47.6 Å². The minimum absolute atomic E-state index is 0.0837. The van der Waals surface area contributed by atoms with Crippen LogP contribution >= 0.6 is 0 Å². The molecular weight excluding hydrogens is 204 g/mol. The van der Waals surface area contributed by atoms with Crippen molar-refractivity contribution >= 4 is 5.97 Å². The highest BCUT2D eigenvalue weighted by Gasteiger charge is 2.35. The maximum absolute atomic E-state index is 11.6. The lowest BCUT2D eigenvalue weighted by atomic mass is 9.81. The maximum atomic E-state index is 11.6. The normalized spacial score (nSPS) is 14.3. The van der Waals surface area contributed by atoms with Gasteiger partial charge in [0.1, 0.15) is 6.10 Å². The first-order valence-electron chi connectivity index (χ1n) is 5.91. The fraction of sp³-hybridized carbons (Fsp3) is 0.923. The molecule has 1 atom stereocenters. The molecule has 0 saturated carbocycles. The van der Waals surface area contributed by atoms with Gasteiger partial charge in [-0.05, 0) is 5.92 Å². The van der Waals surface area contributed by atoms with Crippen LogP contribution in [0.2, 0.25) is 0 Å². The van der Waals surface area contributed by atoms with Crippen LogP contribution in [-0.4, -0.2) is 25.8 Å². The summed E-state index contributed by atoms with van der Waals surface area (Å²) in [5.41, 5.74) is -0.159. The summed E-state index contributed by atoms with van der Waals surface area (Å²) in [6, 6.07) is 0. The highest BCUT2D eigenvalue weighted by Crippen LogP contribution is 2.29. The van der Waals surface area contributed by atoms with Crippen molar-refractivity contribution in [2.24, 2.45) is 17.3 Å². The van der Waals surface area contributed by atoms with Crippen molar-refractivity contribution in [3.63, 3.8) is 0 Å². The Bertz CT molecular complexity index is 219. The van der Waals surface area contributed by atoms with Gasteiger partial charge in [-0.1, -0.05) is 41.5 Å². The number of carbonyl (C=O) groups excluding carboxylic acids is 1. The van der Waals surface area contributed by atoms with Gasteiger partial charge in [-0.3, -0.25) is 4.79 Å². The summed E-state index contributed by atoms with van der Waals surface area (Å²) < 4.78 is 10.8. The van der Waals surface area contributed by atoms with E-state index in [0.717, 1.165) is 0 Å². The number of carbonyl (C=O) groups is 1. The van der Waals surface area contributed by atoms with E-state index in [4.69, 9.17) is 9.47 Å². The van der Waals surface area contributed by atoms with Crippen LogP contribution in [0.3, 0.4) is 0 Å². The van der Waals surface area contributed by atoms with Crippen LogP contribution in [0.25, 0.3) is 0 Å². The number of hydrogen-bond donors (Lipinski definition) is 0. The van der Waals surface area contributed by atoms with E-state index in [9.17, 15) is 4.79 Å². The Morgan fingerprint density at radius 3 is 2.00 bits per heavy atom.